The van der Waals surface area contributed by atoms with Crippen LogP contribution in [0.1, 0.15) is 44.1 Å². The maximum absolute atomic E-state index is 10.4. The van der Waals surface area contributed by atoms with Gasteiger partial charge in [-0.05, 0) is 42.7 Å². The SMILES string of the molecule is O=C(O)SCCCCCCCCc1cc(Cl)nnc1-c1ccccc1. The minimum atomic E-state index is -0.779. The van der Waals surface area contributed by atoms with E-state index in [4.69, 9.17) is 16.7 Å². The van der Waals surface area contributed by atoms with E-state index in [2.05, 4.69) is 10.2 Å². The van der Waals surface area contributed by atoms with Gasteiger partial charge in [-0.2, -0.15) is 0 Å². The second-order valence-corrected chi connectivity index (χ2v) is 7.33. The Balaban J connectivity index is 1.74. The van der Waals surface area contributed by atoms with Gasteiger partial charge in [-0.15, -0.1) is 10.2 Å². The third kappa shape index (κ3) is 7.45. The molecule has 2 aromatic rings. The summed E-state index contributed by atoms with van der Waals surface area (Å²) in [6.45, 7) is 0. The van der Waals surface area contributed by atoms with E-state index in [0.717, 1.165) is 67.1 Å². The molecule has 6 heteroatoms. The summed E-state index contributed by atoms with van der Waals surface area (Å²) < 4.78 is 0. The molecule has 0 spiro atoms. The molecule has 0 radical (unpaired) electrons. The molecule has 2 rings (SSSR count). The highest BCUT2D eigenvalue weighted by atomic mass is 35.5. The van der Waals surface area contributed by atoms with E-state index in [-0.39, 0.29) is 0 Å². The Kier molecular flexibility index (Phi) is 8.77. The standard InChI is InChI=1S/C19H23ClN2O2S/c20-17-14-16(18(22-21-17)15-10-7-5-8-11-15)12-6-3-1-2-4-9-13-25-19(23)24/h5,7-8,10-11,14H,1-4,6,9,12-13H2,(H,23,24). The summed E-state index contributed by atoms with van der Waals surface area (Å²) in [6, 6.07) is 12.0. The third-order valence-corrected chi connectivity index (χ3v) is 4.88. The number of rotatable bonds is 10. The molecule has 0 saturated carbocycles. The van der Waals surface area contributed by atoms with Gasteiger partial charge in [0.2, 0.25) is 0 Å². The molecule has 1 heterocycles. The van der Waals surface area contributed by atoms with Crippen molar-refractivity contribution < 1.29 is 9.90 Å². The minimum absolute atomic E-state index is 0.436. The lowest BCUT2D eigenvalue weighted by molar-refractivity contribution is 0.222. The third-order valence-electron chi connectivity index (χ3n) is 3.96. The summed E-state index contributed by atoms with van der Waals surface area (Å²) in [5.74, 6) is 0.705. The van der Waals surface area contributed by atoms with Crippen molar-refractivity contribution in [3.05, 3.63) is 47.1 Å². The second-order valence-electron chi connectivity index (χ2n) is 5.89. The predicted molar refractivity (Wildman–Crippen MR) is 104 cm³/mol. The highest BCUT2D eigenvalue weighted by Crippen LogP contribution is 2.24. The van der Waals surface area contributed by atoms with E-state index >= 15 is 0 Å². The highest BCUT2D eigenvalue weighted by Gasteiger charge is 2.08. The van der Waals surface area contributed by atoms with E-state index < -0.39 is 5.30 Å². The highest BCUT2D eigenvalue weighted by molar-refractivity contribution is 8.13. The zero-order valence-electron chi connectivity index (χ0n) is 14.2. The fourth-order valence-electron chi connectivity index (χ4n) is 2.72. The lowest BCUT2D eigenvalue weighted by atomic mass is 10.0. The Bertz CT molecular complexity index is 668. The molecule has 1 aromatic heterocycles. The number of carbonyl (C=O) groups is 1. The van der Waals surface area contributed by atoms with Crippen molar-refractivity contribution in [3.63, 3.8) is 0 Å². The fourth-order valence-corrected chi connectivity index (χ4v) is 3.41. The number of benzene rings is 1. The molecule has 0 aliphatic carbocycles. The van der Waals surface area contributed by atoms with Crippen molar-refractivity contribution in [2.75, 3.05) is 5.75 Å². The number of carboxylic acid groups (broad SMARTS) is 1. The molecule has 0 saturated heterocycles. The number of thioether (sulfide) groups is 1. The number of aryl methyl sites for hydroxylation is 1. The largest absolute Gasteiger partial charge is 0.473 e. The van der Waals surface area contributed by atoms with Gasteiger partial charge in [-0.25, -0.2) is 4.79 Å². The molecular weight excluding hydrogens is 356 g/mol. The molecule has 134 valence electrons. The van der Waals surface area contributed by atoms with Crippen LogP contribution in [0.2, 0.25) is 5.15 Å². The van der Waals surface area contributed by atoms with Gasteiger partial charge in [0.15, 0.2) is 5.15 Å². The van der Waals surface area contributed by atoms with Crippen molar-refractivity contribution in [2.24, 2.45) is 0 Å². The smallest absolute Gasteiger partial charge is 0.364 e. The van der Waals surface area contributed by atoms with Gasteiger partial charge in [-0.1, -0.05) is 67.6 Å². The molecule has 0 unspecified atom stereocenters. The van der Waals surface area contributed by atoms with Crippen molar-refractivity contribution in [1.29, 1.82) is 0 Å². The van der Waals surface area contributed by atoms with Crippen molar-refractivity contribution >= 4 is 28.7 Å². The number of hydrogen-bond donors (Lipinski definition) is 1. The average molecular weight is 379 g/mol. The molecule has 25 heavy (non-hydrogen) atoms. The Labute approximate surface area is 158 Å². The van der Waals surface area contributed by atoms with Crippen LogP contribution < -0.4 is 0 Å². The molecule has 0 aliphatic rings. The van der Waals surface area contributed by atoms with Crippen LogP contribution in [0.4, 0.5) is 4.79 Å². The second kappa shape index (κ2) is 11.1. The normalized spacial score (nSPS) is 10.8. The lowest BCUT2D eigenvalue weighted by Gasteiger charge is -2.08. The van der Waals surface area contributed by atoms with Gasteiger partial charge in [-0.3, -0.25) is 0 Å². The first kappa shape index (κ1) is 19.7. The summed E-state index contributed by atoms with van der Waals surface area (Å²) in [5, 5.41) is 16.5. The monoisotopic (exact) mass is 378 g/mol. The number of nitrogens with zero attached hydrogens (tertiary/aromatic N) is 2. The van der Waals surface area contributed by atoms with Crippen LogP contribution in [-0.2, 0) is 6.42 Å². The Morgan fingerprint density at radius 1 is 1.00 bits per heavy atom. The Morgan fingerprint density at radius 3 is 2.40 bits per heavy atom. The van der Waals surface area contributed by atoms with E-state index in [1.54, 1.807) is 0 Å². The maximum Gasteiger partial charge on any atom is 0.364 e. The lowest BCUT2D eigenvalue weighted by Crippen LogP contribution is -1.97. The van der Waals surface area contributed by atoms with Gasteiger partial charge in [0, 0.05) is 11.3 Å². The fraction of sp³-hybridized carbons (Fsp3) is 0.421. The summed E-state index contributed by atoms with van der Waals surface area (Å²) in [7, 11) is 0. The van der Waals surface area contributed by atoms with E-state index in [0.29, 0.717) is 10.9 Å². The number of hydrogen-bond acceptors (Lipinski definition) is 4. The van der Waals surface area contributed by atoms with Crippen LogP contribution in [0.25, 0.3) is 11.3 Å². The number of halogens is 1. The summed E-state index contributed by atoms with van der Waals surface area (Å²) in [6.07, 6.45) is 7.57. The number of aromatic nitrogens is 2. The molecule has 0 atom stereocenters. The Hall–Kier alpha value is -1.59. The van der Waals surface area contributed by atoms with Crippen LogP contribution in [0.15, 0.2) is 36.4 Å². The molecule has 0 bridgehead atoms. The van der Waals surface area contributed by atoms with Crippen molar-refractivity contribution in [3.8, 4) is 11.3 Å². The minimum Gasteiger partial charge on any atom is -0.473 e. The zero-order chi connectivity index (χ0) is 17.9. The first-order valence-electron chi connectivity index (χ1n) is 8.60. The molecule has 1 aromatic carbocycles. The molecule has 1 N–H and O–H groups in total. The summed E-state index contributed by atoms with van der Waals surface area (Å²) >= 11 is 7.01. The van der Waals surface area contributed by atoms with Crippen LogP contribution in [0, 0.1) is 0 Å². The van der Waals surface area contributed by atoms with Gasteiger partial charge >= 0.3 is 5.30 Å². The Morgan fingerprint density at radius 2 is 1.68 bits per heavy atom. The first-order valence-corrected chi connectivity index (χ1v) is 9.96. The quantitative estimate of drug-likeness (QED) is 0.506. The van der Waals surface area contributed by atoms with Crippen LogP contribution >= 0.6 is 23.4 Å². The summed E-state index contributed by atoms with van der Waals surface area (Å²) in [4.78, 5) is 10.4. The van der Waals surface area contributed by atoms with Gasteiger partial charge in [0.05, 0.1) is 5.69 Å². The molecule has 0 amide bonds. The summed E-state index contributed by atoms with van der Waals surface area (Å²) in [5.41, 5.74) is 3.12. The van der Waals surface area contributed by atoms with E-state index in [9.17, 15) is 4.79 Å². The van der Waals surface area contributed by atoms with Crippen LogP contribution in [0.5, 0.6) is 0 Å². The first-order chi connectivity index (χ1) is 12.2. The average Bonchev–Trinajstić information content (AvgIpc) is 2.61. The van der Waals surface area contributed by atoms with Crippen LogP contribution in [-0.4, -0.2) is 26.4 Å². The van der Waals surface area contributed by atoms with Crippen molar-refractivity contribution in [1.82, 2.24) is 10.2 Å². The maximum atomic E-state index is 10.4. The molecular formula is C19H23ClN2O2S. The molecule has 0 aliphatic heterocycles. The zero-order valence-corrected chi connectivity index (χ0v) is 15.7. The molecule has 4 nitrogen and oxygen atoms in total. The topological polar surface area (TPSA) is 63.1 Å². The van der Waals surface area contributed by atoms with Gasteiger partial charge < -0.3 is 5.11 Å². The van der Waals surface area contributed by atoms with E-state index in [1.165, 1.54) is 6.42 Å². The number of unbranched alkanes of at least 4 members (excludes halogenated alkanes) is 5. The van der Waals surface area contributed by atoms with E-state index in [1.807, 2.05) is 36.4 Å². The van der Waals surface area contributed by atoms with Crippen LogP contribution in [0.3, 0.4) is 0 Å². The molecule has 0 fully saturated rings. The van der Waals surface area contributed by atoms with Crippen molar-refractivity contribution in [2.45, 2.75) is 44.9 Å². The van der Waals surface area contributed by atoms with Gasteiger partial charge in [0.25, 0.3) is 0 Å². The van der Waals surface area contributed by atoms with Gasteiger partial charge in [0.1, 0.15) is 0 Å². The predicted octanol–water partition coefficient (Wildman–Crippen LogP) is 6.09.